The Morgan fingerprint density at radius 3 is 2.93 bits per heavy atom. The zero-order valence-electron chi connectivity index (χ0n) is 8.67. The van der Waals surface area contributed by atoms with E-state index < -0.39 is 5.60 Å². The van der Waals surface area contributed by atoms with Crippen LogP contribution >= 0.6 is 11.6 Å². The number of halogens is 1. The highest BCUT2D eigenvalue weighted by molar-refractivity contribution is 6.17. The molecule has 0 radical (unpaired) electrons. The molecule has 1 N–H and O–H groups in total. The SMILES string of the molecule is C[C@]1(O)CCC[C@H](C#N)[C@H]1CCCCl. The third-order valence-corrected chi connectivity index (χ3v) is 3.56. The smallest absolute Gasteiger partial charge is 0.0660 e. The highest BCUT2D eigenvalue weighted by Gasteiger charge is 2.40. The Balaban J connectivity index is 2.65. The number of hydrogen-bond acceptors (Lipinski definition) is 2. The minimum absolute atomic E-state index is 0.0157. The number of rotatable bonds is 3. The van der Waals surface area contributed by atoms with Crippen molar-refractivity contribution in [1.82, 2.24) is 0 Å². The van der Waals surface area contributed by atoms with E-state index in [1.807, 2.05) is 6.92 Å². The second-order valence-electron chi connectivity index (χ2n) is 4.42. The summed E-state index contributed by atoms with van der Waals surface area (Å²) in [6.45, 7) is 1.86. The quantitative estimate of drug-likeness (QED) is 0.736. The van der Waals surface area contributed by atoms with Crippen LogP contribution in [0.4, 0.5) is 0 Å². The van der Waals surface area contributed by atoms with Crippen LogP contribution in [0.5, 0.6) is 0 Å². The first-order valence-electron chi connectivity index (χ1n) is 5.30. The molecule has 0 amide bonds. The van der Waals surface area contributed by atoms with E-state index >= 15 is 0 Å². The molecule has 1 fully saturated rings. The van der Waals surface area contributed by atoms with Crippen molar-refractivity contribution in [2.75, 3.05) is 5.88 Å². The lowest BCUT2D eigenvalue weighted by atomic mass is 9.68. The molecule has 0 aliphatic heterocycles. The highest BCUT2D eigenvalue weighted by Crippen LogP contribution is 2.40. The Bertz CT molecular complexity index is 222. The Labute approximate surface area is 90.9 Å². The zero-order valence-corrected chi connectivity index (χ0v) is 9.43. The lowest BCUT2D eigenvalue weighted by Crippen LogP contribution is -2.42. The minimum Gasteiger partial charge on any atom is -0.390 e. The van der Waals surface area contributed by atoms with E-state index in [1.54, 1.807) is 0 Å². The molecular weight excluding hydrogens is 198 g/mol. The second kappa shape index (κ2) is 5.00. The highest BCUT2D eigenvalue weighted by atomic mass is 35.5. The monoisotopic (exact) mass is 215 g/mol. The van der Waals surface area contributed by atoms with Gasteiger partial charge in [0.15, 0.2) is 0 Å². The molecule has 0 aromatic heterocycles. The molecule has 0 bridgehead atoms. The summed E-state index contributed by atoms with van der Waals surface area (Å²) in [7, 11) is 0. The van der Waals surface area contributed by atoms with Crippen molar-refractivity contribution in [3.05, 3.63) is 0 Å². The maximum Gasteiger partial charge on any atom is 0.0660 e. The van der Waals surface area contributed by atoms with E-state index in [2.05, 4.69) is 6.07 Å². The van der Waals surface area contributed by atoms with Crippen LogP contribution in [0.1, 0.15) is 39.0 Å². The van der Waals surface area contributed by atoms with Gasteiger partial charge in [0, 0.05) is 11.8 Å². The van der Waals surface area contributed by atoms with Gasteiger partial charge in [-0.2, -0.15) is 5.26 Å². The van der Waals surface area contributed by atoms with Crippen molar-refractivity contribution in [2.45, 2.75) is 44.6 Å². The molecule has 1 aliphatic carbocycles. The fraction of sp³-hybridized carbons (Fsp3) is 0.909. The largest absolute Gasteiger partial charge is 0.390 e. The van der Waals surface area contributed by atoms with Crippen molar-refractivity contribution in [3.8, 4) is 6.07 Å². The van der Waals surface area contributed by atoms with Gasteiger partial charge in [-0.3, -0.25) is 0 Å². The average Bonchev–Trinajstić information content (AvgIpc) is 2.14. The van der Waals surface area contributed by atoms with Crippen LogP contribution in [-0.2, 0) is 0 Å². The molecule has 1 aliphatic rings. The Kier molecular flexibility index (Phi) is 4.22. The van der Waals surface area contributed by atoms with Crippen molar-refractivity contribution < 1.29 is 5.11 Å². The zero-order chi connectivity index (χ0) is 10.6. The second-order valence-corrected chi connectivity index (χ2v) is 4.80. The molecule has 0 unspecified atom stereocenters. The Hall–Kier alpha value is -0.260. The molecule has 3 atom stereocenters. The summed E-state index contributed by atoms with van der Waals surface area (Å²) in [5.41, 5.74) is -0.662. The fourth-order valence-electron chi connectivity index (χ4n) is 2.46. The minimum atomic E-state index is -0.662. The number of aliphatic hydroxyl groups is 1. The Morgan fingerprint density at radius 2 is 2.36 bits per heavy atom. The predicted molar refractivity (Wildman–Crippen MR) is 57.0 cm³/mol. The van der Waals surface area contributed by atoms with Crippen molar-refractivity contribution in [2.24, 2.45) is 11.8 Å². The van der Waals surface area contributed by atoms with E-state index in [-0.39, 0.29) is 11.8 Å². The summed E-state index contributed by atoms with van der Waals surface area (Å²) in [6.07, 6.45) is 4.47. The summed E-state index contributed by atoms with van der Waals surface area (Å²) >= 11 is 5.64. The van der Waals surface area contributed by atoms with E-state index in [1.165, 1.54) is 0 Å². The lowest BCUT2D eigenvalue weighted by Gasteiger charge is -2.40. The summed E-state index contributed by atoms with van der Waals surface area (Å²) in [5.74, 6) is 0.743. The molecular formula is C11H18ClNO. The van der Waals surface area contributed by atoms with Crippen LogP contribution < -0.4 is 0 Å². The molecule has 0 heterocycles. The van der Waals surface area contributed by atoms with Gasteiger partial charge in [0.2, 0.25) is 0 Å². The molecule has 3 heteroatoms. The van der Waals surface area contributed by atoms with E-state index in [0.29, 0.717) is 5.88 Å². The van der Waals surface area contributed by atoms with Crippen LogP contribution in [0.25, 0.3) is 0 Å². The van der Waals surface area contributed by atoms with Gasteiger partial charge in [0.1, 0.15) is 0 Å². The lowest BCUT2D eigenvalue weighted by molar-refractivity contribution is -0.0509. The van der Waals surface area contributed by atoms with Crippen LogP contribution in [0.3, 0.4) is 0 Å². The standard InChI is InChI=1S/C11H18ClNO/c1-11(14)6-2-4-9(8-13)10(11)5-3-7-12/h9-10,14H,2-7H2,1H3/t9-,10-,11+/m1/s1. The van der Waals surface area contributed by atoms with Crippen LogP contribution in [0.2, 0.25) is 0 Å². The summed E-state index contributed by atoms with van der Waals surface area (Å²) in [4.78, 5) is 0. The van der Waals surface area contributed by atoms with Crippen molar-refractivity contribution in [1.29, 1.82) is 5.26 Å². The first-order valence-corrected chi connectivity index (χ1v) is 5.83. The van der Waals surface area contributed by atoms with Crippen molar-refractivity contribution >= 4 is 11.6 Å². The molecule has 0 saturated heterocycles. The third kappa shape index (κ3) is 2.62. The summed E-state index contributed by atoms with van der Waals surface area (Å²) in [6, 6.07) is 2.32. The van der Waals surface area contributed by atoms with E-state index in [9.17, 15) is 5.11 Å². The first kappa shape index (κ1) is 11.8. The molecule has 0 spiro atoms. The Morgan fingerprint density at radius 1 is 1.64 bits per heavy atom. The van der Waals surface area contributed by atoms with Gasteiger partial charge in [0.05, 0.1) is 17.6 Å². The number of nitriles is 1. The van der Waals surface area contributed by atoms with Gasteiger partial charge in [-0.1, -0.05) is 0 Å². The maximum atomic E-state index is 10.2. The molecule has 14 heavy (non-hydrogen) atoms. The summed E-state index contributed by atoms with van der Waals surface area (Å²) < 4.78 is 0. The molecule has 1 saturated carbocycles. The topological polar surface area (TPSA) is 44.0 Å². The normalized spacial score (nSPS) is 37.9. The van der Waals surface area contributed by atoms with Gasteiger partial charge in [-0.15, -0.1) is 11.6 Å². The van der Waals surface area contributed by atoms with Gasteiger partial charge < -0.3 is 5.11 Å². The van der Waals surface area contributed by atoms with Gasteiger partial charge in [-0.05, 0) is 39.0 Å². The number of hydrogen-bond donors (Lipinski definition) is 1. The molecule has 80 valence electrons. The molecule has 1 rings (SSSR count). The first-order chi connectivity index (χ1) is 6.61. The van der Waals surface area contributed by atoms with E-state index in [0.717, 1.165) is 32.1 Å². The third-order valence-electron chi connectivity index (χ3n) is 3.30. The number of alkyl halides is 1. The summed E-state index contributed by atoms with van der Waals surface area (Å²) in [5, 5.41) is 19.2. The number of nitrogens with zero attached hydrogens (tertiary/aromatic N) is 1. The average molecular weight is 216 g/mol. The van der Waals surface area contributed by atoms with Gasteiger partial charge in [-0.25, -0.2) is 0 Å². The van der Waals surface area contributed by atoms with E-state index in [4.69, 9.17) is 16.9 Å². The van der Waals surface area contributed by atoms with Crippen LogP contribution in [0, 0.1) is 23.2 Å². The van der Waals surface area contributed by atoms with Gasteiger partial charge in [0.25, 0.3) is 0 Å². The van der Waals surface area contributed by atoms with Crippen LogP contribution in [0.15, 0.2) is 0 Å². The predicted octanol–water partition coefficient (Wildman–Crippen LogP) is 2.70. The fourth-order valence-corrected chi connectivity index (χ4v) is 2.62. The van der Waals surface area contributed by atoms with Crippen LogP contribution in [-0.4, -0.2) is 16.6 Å². The molecule has 0 aromatic carbocycles. The van der Waals surface area contributed by atoms with Crippen molar-refractivity contribution in [3.63, 3.8) is 0 Å². The molecule has 2 nitrogen and oxygen atoms in total. The molecule has 0 aromatic rings. The maximum absolute atomic E-state index is 10.2. The van der Waals surface area contributed by atoms with Gasteiger partial charge >= 0.3 is 0 Å².